The van der Waals surface area contributed by atoms with Crippen molar-refractivity contribution in [1.29, 1.82) is 0 Å². The summed E-state index contributed by atoms with van der Waals surface area (Å²) in [4.78, 5) is 4.22. The van der Waals surface area contributed by atoms with E-state index in [-0.39, 0.29) is 6.04 Å². The fourth-order valence-electron chi connectivity index (χ4n) is 2.18. The monoisotopic (exact) mass is 259 g/mol. The fourth-order valence-corrected chi connectivity index (χ4v) is 2.18. The summed E-state index contributed by atoms with van der Waals surface area (Å²) in [5.74, 6) is 1.39. The molecule has 0 aliphatic carbocycles. The predicted octanol–water partition coefficient (Wildman–Crippen LogP) is 2.93. The van der Waals surface area contributed by atoms with E-state index in [1.165, 1.54) is 0 Å². The van der Waals surface area contributed by atoms with Crippen LogP contribution in [-0.2, 0) is 0 Å². The van der Waals surface area contributed by atoms with Gasteiger partial charge in [0, 0.05) is 12.1 Å². The van der Waals surface area contributed by atoms with Crippen molar-refractivity contribution in [2.45, 2.75) is 26.3 Å². The lowest BCUT2D eigenvalue weighted by Gasteiger charge is -2.16. The van der Waals surface area contributed by atoms with Crippen LogP contribution in [0.15, 0.2) is 36.8 Å². The van der Waals surface area contributed by atoms with Crippen LogP contribution in [0.25, 0.3) is 5.69 Å². The molecule has 0 fully saturated rings. The molecule has 0 aliphatic rings. The smallest absolute Gasteiger partial charge is 0.120 e. The van der Waals surface area contributed by atoms with Crippen molar-refractivity contribution in [1.82, 2.24) is 9.55 Å². The van der Waals surface area contributed by atoms with Crippen molar-refractivity contribution >= 4 is 0 Å². The highest BCUT2D eigenvalue weighted by molar-refractivity contribution is 5.40. The summed E-state index contributed by atoms with van der Waals surface area (Å²) in [6.45, 7) is 4.35. The molecule has 1 atom stereocenters. The maximum absolute atomic E-state index is 6.26. The first kappa shape index (κ1) is 13.6. The lowest BCUT2D eigenvalue weighted by atomic mass is 10.0. The molecule has 2 rings (SSSR count). The first-order valence-corrected chi connectivity index (χ1v) is 6.54. The van der Waals surface area contributed by atoms with Gasteiger partial charge in [-0.25, -0.2) is 4.98 Å². The van der Waals surface area contributed by atoms with Crippen LogP contribution >= 0.6 is 0 Å². The highest BCUT2D eigenvalue weighted by Gasteiger charge is 2.14. The zero-order valence-electron chi connectivity index (χ0n) is 11.7. The minimum absolute atomic E-state index is 0.00583. The zero-order chi connectivity index (χ0) is 13.8. The quantitative estimate of drug-likeness (QED) is 0.898. The van der Waals surface area contributed by atoms with Gasteiger partial charge in [0.1, 0.15) is 5.75 Å². The Morgan fingerprint density at radius 3 is 2.84 bits per heavy atom. The lowest BCUT2D eigenvalue weighted by Crippen LogP contribution is -2.16. The van der Waals surface area contributed by atoms with Gasteiger partial charge in [-0.2, -0.15) is 0 Å². The largest absolute Gasteiger partial charge is 0.497 e. The third-order valence-electron chi connectivity index (χ3n) is 3.10. The number of benzene rings is 1. The van der Waals surface area contributed by atoms with E-state index in [9.17, 15) is 0 Å². The van der Waals surface area contributed by atoms with Crippen molar-refractivity contribution in [3.8, 4) is 11.4 Å². The van der Waals surface area contributed by atoms with Gasteiger partial charge in [-0.1, -0.05) is 19.9 Å². The van der Waals surface area contributed by atoms with Gasteiger partial charge in [-0.15, -0.1) is 0 Å². The highest BCUT2D eigenvalue weighted by atomic mass is 16.5. The molecule has 0 amide bonds. The van der Waals surface area contributed by atoms with Gasteiger partial charge in [0.25, 0.3) is 0 Å². The molecule has 1 aromatic heterocycles. The summed E-state index contributed by atoms with van der Waals surface area (Å²) in [5, 5.41) is 0. The van der Waals surface area contributed by atoms with Crippen molar-refractivity contribution in [2.75, 3.05) is 7.11 Å². The summed E-state index contributed by atoms with van der Waals surface area (Å²) in [6.07, 6.45) is 4.58. The van der Waals surface area contributed by atoms with Crippen LogP contribution in [0.5, 0.6) is 5.75 Å². The molecule has 2 N–H and O–H groups in total. The van der Waals surface area contributed by atoms with Crippen molar-refractivity contribution < 1.29 is 4.74 Å². The summed E-state index contributed by atoms with van der Waals surface area (Å²) in [6, 6.07) is 7.89. The molecule has 0 saturated carbocycles. The van der Waals surface area contributed by atoms with Crippen LogP contribution in [0.3, 0.4) is 0 Å². The second kappa shape index (κ2) is 5.89. The van der Waals surface area contributed by atoms with E-state index in [2.05, 4.69) is 18.8 Å². The van der Waals surface area contributed by atoms with E-state index < -0.39 is 0 Å². The Labute approximate surface area is 114 Å². The lowest BCUT2D eigenvalue weighted by molar-refractivity contribution is 0.414. The van der Waals surface area contributed by atoms with Gasteiger partial charge >= 0.3 is 0 Å². The maximum Gasteiger partial charge on any atom is 0.120 e. The molecule has 4 heteroatoms. The van der Waals surface area contributed by atoms with Gasteiger partial charge in [-0.3, -0.25) is 0 Å². The zero-order valence-corrected chi connectivity index (χ0v) is 11.7. The molecule has 4 nitrogen and oxygen atoms in total. The normalized spacial score (nSPS) is 12.7. The Kier molecular flexibility index (Phi) is 4.22. The minimum atomic E-state index is -0.00583. The average molecular weight is 259 g/mol. The van der Waals surface area contributed by atoms with Crippen LogP contribution in [0, 0.1) is 5.92 Å². The fraction of sp³-hybridized carbons (Fsp3) is 0.400. The summed E-state index contributed by atoms with van der Waals surface area (Å²) in [7, 11) is 1.67. The molecule has 0 aliphatic heterocycles. The number of hydrogen-bond donors (Lipinski definition) is 1. The highest BCUT2D eigenvalue weighted by Crippen LogP contribution is 2.23. The Morgan fingerprint density at radius 2 is 2.16 bits per heavy atom. The number of nitrogens with two attached hydrogens (primary N) is 1. The minimum Gasteiger partial charge on any atom is -0.497 e. The summed E-state index contributed by atoms with van der Waals surface area (Å²) in [5.41, 5.74) is 8.31. The van der Waals surface area contributed by atoms with E-state index in [1.807, 2.05) is 35.0 Å². The number of imidazole rings is 1. The van der Waals surface area contributed by atoms with Crippen LogP contribution in [0.2, 0.25) is 0 Å². The van der Waals surface area contributed by atoms with Crippen LogP contribution < -0.4 is 10.5 Å². The standard InChI is InChI=1S/C15H21N3O/c1-11(2)7-14(16)15-9-17-10-18(15)12-5-4-6-13(8-12)19-3/h4-6,8-11,14H,7,16H2,1-3H3. The van der Waals surface area contributed by atoms with Gasteiger partial charge in [-0.05, 0) is 24.5 Å². The molecule has 102 valence electrons. The number of methoxy groups -OCH3 is 1. The second-order valence-corrected chi connectivity index (χ2v) is 5.13. The van der Waals surface area contributed by atoms with E-state index in [4.69, 9.17) is 10.5 Å². The van der Waals surface area contributed by atoms with Crippen LogP contribution in [0.4, 0.5) is 0 Å². The van der Waals surface area contributed by atoms with E-state index >= 15 is 0 Å². The maximum atomic E-state index is 6.26. The van der Waals surface area contributed by atoms with Crippen LogP contribution in [0.1, 0.15) is 32.0 Å². The molecule has 0 saturated heterocycles. The Bertz CT molecular complexity index is 534. The summed E-state index contributed by atoms with van der Waals surface area (Å²) >= 11 is 0. The van der Waals surface area contributed by atoms with E-state index in [0.29, 0.717) is 5.92 Å². The van der Waals surface area contributed by atoms with Crippen molar-refractivity contribution in [2.24, 2.45) is 11.7 Å². The molecule has 0 radical (unpaired) electrons. The van der Waals surface area contributed by atoms with Gasteiger partial charge in [0.2, 0.25) is 0 Å². The van der Waals surface area contributed by atoms with E-state index in [0.717, 1.165) is 23.6 Å². The van der Waals surface area contributed by atoms with Crippen molar-refractivity contribution in [3.05, 3.63) is 42.5 Å². The van der Waals surface area contributed by atoms with Crippen molar-refractivity contribution in [3.63, 3.8) is 0 Å². The first-order chi connectivity index (χ1) is 9.11. The number of nitrogens with zero attached hydrogens (tertiary/aromatic N) is 2. The molecular weight excluding hydrogens is 238 g/mol. The number of hydrogen-bond acceptors (Lipinski definition) is 3. The van der Waals surface area contributed by atoms with Gasteiger partial charge in [0.05, 0.1) is 31.0 Å². The molecule has 0 spiro atoms. The Morgan fingerprint density at radius 1 is 1.37 bits per heavy atom. The molecule has 19 heavy (non-hydrogen) atoms. The van der Waals surface area contributed by atoms with E-state index in [1.54, 1.807) is 13.4 Å². The predicted molar refractivity (Wildman–Crippen MR) is 76.5 cm³/mol. The van der Waals surface area contributed by atoms with Crippen LogP contribution in [-0.4, -0.2) is 16.7 Å². The molecule has 2 aromatic rings. The Balaban J connectivity index is 2.32. The van der Waals surface area contributed by atoms with Gasteiger partial charge in [0.15, 0.2) is 0 Å². The first-order valence-electron chi connectivity index (χ1n) is 6.54. The second-order valence-electron chi connectivity index (χ2n) is 5.13. The topological polar surface area (TPSA) is 53.1 Å². The Hall–Kier alpha value is -1.81. The number of ether oxygens (including phenoxy) is 1. The van der Waals surface area contributed by atoms with Gasteiger partial charge < -0.3 is 15.0 Å². The summed E-state index contributed by atoms with van der Waals surface area (Å²) < 4.78 is 7.28. The third-order valence-corrected chi connectivity index (χ3v) is 3.10. The number of rotatable bonds is 5. The molecule has 1 unspecified atom stereocenters. The molecule has 0 bridgehead atoms. The third kappa shape index (κ3) is 3.15. The molecule has 1 heterocycles. The average Bonchev–Trinajstić information content (AvgIpc) is 2.87. The molecular formula is C15H21N3O. The molecule has 1 aromatic carbocycles. The SMILES string of the molecule is COc1cccc(-n2cncc2C(N)CC(C)C)c1. The number of aromatic nitrogens is 2.